The molecule has 27 heavy (non-hydrogen) atoms. The highest BCUT2D eigenvalue weighted by Gasteiger charge is 2.16. The second-order valence-electron chi connectivity index (χ2n) is 6.67. The molecular formula is C23H18ClN3. The van der Waals surface area contributed by atoms with Crippen LogP contribution in [0.4, 0.5) is 0 Å². The number of hydrogen-bond acceptors (Lipinski definition) is 2. The van der Waals surface area contributed by atoms with Crippen molar-refractivity contribution in [2.24, 2.45) is 0 Å². The quantitative estimate of drug-likeness (QED) is 0.450. The fourth-order valence-electron chi connectivity index (χ4n) is 3.53. The number of halogens is 1. The van der Waals surface area contributed by atoms with E-state index in [-0.39, 0.29) is 0 Å². The molecule has 0 radical (unpaired) electrons. The molecule has 2 aromatic carbocycles. The molecule has 0 bridgehead atoms. The minimum Gasteiger partial charge on any atom is -0.338 e. The van der Waals surface area contributed by atoms with Crippen LogP contribution in [0.1, 0.15) is 22.4 Å². The smallest absolute Gasteiger partial charge is 0.0991 e. The van der Waals surface area contributed by atoms with E-state index >= 15 is 0 Å². The third-order valence-corrected chi connectivity index (χ3v) is 5.31. The number of rotatable bonds is 3. The van der Waals surface area contributed by atoms with Crippen LogP contribution in [0.2, 0.25) is 5.02 Å². The first-order chi connectivity index (χ1) is 13.1. The van der Waals surface area contributed by atoms with Crippen LogP contribution in [0.3, 0.4) is 0 Å². The highest BCUT2D eigenvalue weighted by atomic mass is 35.5. The van der Waals surface area contributed by atoms with Crippen LogP contribution in [0.15, 0.2) is 60.8 Å². The SMILES string of the molecule is Cc1c(C)n(Cc2cccc(C#N)c2)c2c(-c3ccc(Cl)cc3)nccc12. The van der Waals surface area contributed by atoms with Crippen LogP contribution in [-0.2, 0) is 6.54 Å². The van der Waals surface area contributed by atoms with Gasteiger partial charge in [0.05, 0.1) is 22.8 Å². The summed E-state index contributed by atoms with van der Waals surface area (Å²) in [6.07, 6.45) is 1.86. The van der Waals surface area contributed by atoms with Gasteiger partial charge in [0.15, 0.2) is 0 Å². The van der Waals surface area contributed by atoms with Gasteiger partial charge in [-0.25, -0.2) is 0 Å². The molecule has 0 saturated heterocycles. The highest BCUT2D eigenvalue weighted by Crippen LogP contribution is 2.33. The average molecular weight is 372 g/mol. The van der Waals surface area contributed by atoms with Crippen LogP contribution in [-0.4, -0.2) is 9.55 Å². The number of fused-ring (bicyclic) bond motifs is 1. The fraction of sp³-hybridized carbons (Fsp3) is 0.130. The van der Waals surface area contributed by atoms with Crippen LogP contribution in [0.25, 0.3) is 22.2 Å². The molecular weight excluding hydrogens is 354 g/mol. The molecule has 0 atom stereocenters. The molecule has 132 valence electrons. The summed E-state index contributed by atoms with van der Waals surface area (Å²) in [6.45, 7) is 4.97. The van der Waals surface area contributed by atoms with E-state index < -0.39 is 0 Å². The molecule has 0 aliphatic carbocycles. The van der Waals surface area contributed by atoms with Gasteiger partial charge in [-0.1, -0.05) is 35.9 Å². The van der Waals surface area contributed by atoms with Gasteiger partial charge >= 0.3 is 0 Å². The Kier molecular flexibility index (Phi) is 4.43. The van der Waals surface area contributed by atoms with E-state index in [2.05, 4.69) is 41.6 Å². The maximum atomic E-state index is 9.20. The molecule has 0 saturated carbocycles. The predicted molar refractivity (Wildman–Crippen MR) is 110 cm³/mol. The molecule has 0 spiro atoms. The Bertz CT molecular complexity index is 1180. The van der Waals surface area contributed by atoms with Gasteiger partial charge in [-0.2, -0.15) is 5.26 Å². The Hall–Kier alpha value is -3.09. The van der Waals surface area contributed by atoms with E-state index in [1.54, 1.807) is 0 Å². The highest BCUT2D eigenvalue weighted by molar-refractivity contribution is 6.30. The Labute approximate surface area is 163 Å². The zero-order valence-corrected chi connectivity index (χ0v) is 16.0. The van der Waals surface area contributed by atoms with Crippen molar-refractivity contribution < 1.29 is 0 Å². The number of hydrogen-bond donors (Lipinski definition) is 0. The zero-order chi connectivity index (χ0) is 19.0. The van der Waals surface area contributed by atoms with Gasteiger partial charge in [-0.05, 0) is 55.3 Å². The Morgan fingerprint density at radius 1 is 1.07 bits per heavy atom. The third kappa shape index (κ3) is 3.09. The monoisotopic (exact) mass is 371 g/mol. The number of pyridine rings is 1. The van der Waals surface area contributed by atoms with E-state index in [0.717, 1.165) is 22.3 Å². The standard InChI is InChI=1S/C23H18ClN3/c1-15-16(2)27(14-18-5-3-4-17(12-18)13-25)23-21(15)10-11-26-22(23)19-6-8-20(24)9-7-19/h3-12H,14H2,1-2H3. The molecule has 0 N–H and O–H groups in total. The lowest BCUT2D eigenvalue weighted by Crippen LogP contribution is -2.03. The van der Waals surface area contributed by atoms with Crippen molar-refractivity contribution in [3.8, 4) is 17.3 Å². The number of aromatic nitrogens is 2. The third-order valence-electron chi connectivity index (χ3n) is 5.06. The minimum atomic E-state index is 0.675. The second-order valence-corrected chi connectivity index (χ2v) is 7.11. The lowest BCUT2D eigenvalue weighted by atomic mass is 10.1. The van der Waals surface area contributed by atoms with Gasteiger partial charge in [-0.3, -0.25) is 4.98 Å². The van der Waals surface area contributed by atoms with E-state index in [4.69, 9.17) is 11.6 Å². The molecule has 0 aliphatic heterocycles. The molecule has 0 amide bonds. The van der Waals surface area contributed by atoms with Crippen LogP contribution < -0.4 is 0 Å². The zero-order valence-electron chi connectivity index (χ0n) is 15.2. The van der Waals surface area contributed by atoms with Crippen molar-refractivity contribution in [1.29, 1.82) is 5.26 Å². The molecule has 0 fully saturated rings. The summed E-state index contributed by atoms with van der Waals surface area (Å²) in [5.41, 5.74) is 7.31. The summed E-state index contributed by atoms with van der Waals surface area (Å²) in [4.78, 5) is 4.68. The van der Waals surface area contributed by atoms with E-state index in [1.807, 2.05) is 48.7 Å². The number of aryl methyl sites for hydroxylation is 1. The topological polar surface area (TPSA) is 41.6 Å². The largest absolute Gasteiger partial charge is 0.338 e. The number of nitriles is 1. The Morgan fingerprint density at radius 2 is 1.85 bits per heavy atom. The molecule has 2 aromatic heterocycles. The van der Waals surface area contributed by atoms with Gasteiger partial charge in [0, 0.05) is 34.4 Å². The predicted octanol–water partition coefficient (Wildman–Crippen LogP) is 5.89. The first-order valence-electron chi connectivity index (χ1n) is 8.78. The summed E-state index contributed by atoms with van der Waals surface area (Å²) >= 11 is 6.06. The first-order valence-corrected chi connectivity index (χ1v) is 9.15. The van der Waals surface area contributed by atoms with Gasteiger partial charge in [0.1, 0.15) is 0 Å². The fourth-order valence-corrected chi connectivity index (χ4v) is 3.66. The summed E-state index contributed by atoms with van der Waals surface area (Å²) in [6, 6.07) is 19.8. The molecule has 0 aliphatic rings. The molecule has 4 heteroatoms. The van der Waals surface area contributed by atoms with Crippen molar-refractivity contribution >= 4 is 22.5 Å². The van der Waals surface area contributed by atoms with Crippen molar-refractivity contribution in [3.05, 3.63) is 88.2 Å². The minimum absolute atomic E-state index is 0.675. The van der Waals surface area contributed by atoms with Gasteiger partial charge < -0.3 is 4.57 Å². The second kappa shape index (κ2) is 6.90. The lowest BCUT2D eigenvalue weighted by Gasteiger charge is -2.12. The van der Waals surface area contributed by atoms with Crippen LogP contribution in [0, 0.1) is 25.2 Å². The number of nitrogens with zero attached hydrogens (tertiary/aromatic N) is 3. The van der Waals surface area contributed by atoms with Crippen molar-refractivity contribution in [1.82, 2.24) is 9.55 Å². The number of benzene rings is 2. The Balaban J connectivity index is 1.93. The van der Waals surface area contributed by atoms with Gasteiger partial charge in [0.25, 0.3) is 0 Å². The molecule has 3 nitrogen and oxygen atoms in total. The first kappa shape index (κ1) is 17.3. The van der Waals surface area contributed by atoms with Crippen molar-refractivity contribution in [3.63, 3.8) is 0 Å². The summed E-state index contributed by atoms with van der Waals surface area (Å²) in [7, 11) is 0. The van der Waals surface area contributed by atoms with E-state index in [1.165, 1.54) is 16.6 Å². The molecule has 4 aromatic rings. The summed E-state index contributed by atoms with van der Waals surface area (Å²) < 4.78 is 2.29. The molecule has 0 unspecified atom stereocenters. The maximum Gasteiger partial charge on any atom is 0.0991 e. The lowest BCUT2D eigenvalue weighted by molar-refractivity contribution is 0.800. The van der Waals surface area contributed by atoms with E-state index in [0.29, 0.717) is 17.1 Å². The van der Waals surface area contributed by atoms with Gasteiger partial charge in [0.2, 0.25) is 0 Å². The van der Waals surface area contributed by atoms with Crippen molar-refractivity contribution in [2.75, 3.05) is 0 Å². The average Bonchev–Trinajstić information content (AvgIpc) is 2.94. The van der Waals surface area contributed by atoms with Gasteiger partial charge in [-0.15, -0.1) is 0 Å². The summed E-state index contributed by atoms with van der Waals surface area (Å²) in [5, 5.41) is 11.1. The maximum absolute atomic E-state index is 9.20. The van der Waals surface area contributed by atoms with E-state index in [9.17, 15) is 5.26 Å². The Morgan fingerprint density at radius 3 is 2.59 bits per heavy atom. The van der Waals surface area contributed by atoms with Crippen LogP contribution in [0.5, 0.6) is 0 Å². The van der Waals surface area contributed by atoms with Crippen LogP contribution >= 0.6 is 11.6 Å². The molecule has 2 heterocycles. The van der Waals surface area contributed by atoms with Crippen molar-refractivity contribution in [2.45, 2.75) is 20.4 Å². The molecule has 4 rings (SSSR count). The normalized spacial score (nSPS) is 10.9. The summed E-state index contributed by atoms with van der Waals surface area (Å²) in [5.74, 6) is 0.